The predicted octanol–water partition coefficient (Wildman–Crippen LogP) is 16.3. The van der Waals surface area contributed by atoms with Crippen LogP contribution in [0, 0.1) is 0 Å². The van der Waals surface area contributed by atoms with Crippen LogP contribution in [-0.4, -0.2) is 11.4 Å². The van der Waals surface area contributed by atoms with Crippen LogP contribution >= 0.6 is 0 Å². The first kappa shape index (κ1) is 40.6. The van der Waals surface area contributed by atoms with Gasteiger partial charge in [-0.1, -0.05) is 147 Å². The lowest BCUT2D eigenvalue weighted by atomic mass is 9.43. The molecule has 340 valence electrons. The van der Waals surface area contributed by atoms with Crippen molar-refractivity contribution < 1.29 is 8.83 Å². The largest absolute Gasteiger partial charge is 0.464 e. The van der Waals surface area contributed by atoms with Crippen molar-refractivity contribution in [1.29, 1.82) is 0 Å². The Morgan fingerprint density at radius 2 is 1.27 bits per heavy atom. The summed E-state index contributed by atoms with van der Waals surface area (Å²) in [6, 6.07) is 53.2. The van der Waals surface area contributed by atoms with Crippen molar-refractivity contribution in [2.24, 2.45) is 0 Å². The van der Waals surface area contributed by atoms with Gasteiger partial charge in [-0.2, -0.15) is 0 Å². The fourth-order valence-electron chi connectivity index (χ4n) is 13.8. The van der Waals surface area contributed by atoms with E-state index in [1.807, 2.05) is 6.26 Å². The highest BCUT2D eigenvalue weighted by atomic mass is 16.3. The van der Waals surface area contributed by atoms with E-state index in [-0.39, 0.29) is 28.5 Å². The second-order valence-electron chi connectivity index (χ2n) is 23.9. The molecule has 70 heavy (non-hydrogen) atoms. The van der Waals surface area contributed by atoms with Crippen LogP contribution in [0.2, 0.25) is 0 Å². The Kier molecular flexibility index (Phi) is 7.62. The van der Waals surface area contributed by atoms with Crippen molar-refractivity contribution in [3.05, 3.63) is 174 Å². The topological polar surface area (TPSA) is 34.5 Å². The van der Waals surface area contributed by atoms with Crippen LogP contribution in [0.25, 0.3) is 93.8 Å². The van der Waals surface area contributed by atoms with Crippen LogP contribution in [0.5, 0.6) is 0 Å². The molecular formula is C65H55BN2O2. The van der Waals surface area contributed by atoms with Gasteiger partial charge in [-0.25, -0.2) is 0 Å². The third-order valence-electron chi connectivity index (χ3n) is 17.7. The quantitative estimate of drug-likeness (QED) is 0.162. The van der Waals surface area contributed by atoms with Crippen molar-refractivity contribution in [2.45, 2.75) is 96.8 Å². The molecule has 0 spiro atoms. The first-order valence-corrected chi connectivity index (χ1v) is 25.4. The number of hydrogen-bond acceptors (Lipinski definition) is 3. The summed E-state index contributed by atoms with van der Waals surface area (Å²) in [5.74, 6) is 0. The molecule has 0 amide bonds. The predicted molar refractivity (Wildman–Crippen MR) is 294 cm³/mol. The zero-order valence-electron chi connectivity index (χ0n) is 41.6. The molecule has 0 atom stereocenters. The van der Waals surface area contributed by atoms with Gasteiger partial charge in [0, 0.05) is 55.1 Å². The van der Waals surface area contributed by atoms with E-state index in [1.165, 1.54) is 105 Å². The van der Waals surface area contributed by atoms with E-state index in [1.54, 1.807) is 0 Å². The summed E-state index contributed by atoms with van der Waals surface area (Å²) in [4.78, 5) is 2.70. The van der Waals surface area contributed by atoms with Crippen LogP contribution in [-0.2, 0) is 21.7 Å². The van der Waals surface area contributed by atoms with Gasteiger partial charge in [0.2, 0.25) is 0 Å². The average Bonchev–Trinajstić information content (AvgIpc) is 4.10. The molecule has 3 aromatic heterocycles. The number of benzene rings is 8. The number of nitrogens with zero attached hydrogens (tertiary/aromatic N) is 2. The molecular weight excluding hydrogens is 852 g/mol. The maximum absolute atomic E-state index is 7.38. The van der Waals surface area contributed by atoms with Crippen molar-refractivity contribution in [1.82, 2.24) is 4.57 Å². The standard InChI is InChI=1S/C65H55BN2O2/c1-62(2,3)37-23-25-38(26-24-37)68-52-32-47-41(39-19-13-15-21-46(39)65(47,8)9)29-43(52)56-57-40-20-14-16-22-54(40)70-61(57)58-44-30-48-49(64(6,7)28-27-63(48,4)5)33-51(44)67-53-31-42-45(36-17-11-10-12-18-36)35-69-55(42)34-50(53)66(68)59(56)60(58)67/h10-26,29-35H,27-28H2,1-9H3. The molecule has 11 aromatic rings. The maximum atomic E-state index is 7.38. The molecule has 15 rings (SSSR count). The molecule has 0 N–H and O–H groups in total. The molecule has 0 radical (unpaired) electrons. The summed E-state index contributed by atoms with van der Waals surface area (Å²) < 4.78 is 16.8. The number of anilines is 2. The van der Waals surface area contributed by atoms with Gasteiger partial charge in [-0.15, -0.1) is 0 Å². The molecule has 2 aliphatic carbocycles. The van der Waals surface area contributed by atoms with Gasteiger partial charge in [0.05, 0.1) is 22.7 Å². The molecule has 5 heteroatoms. The molecule has 4 aliphatic rings. The Balaban J connectivity index is 1.18. The summed E-state index contributed by atoms with van der Waals surface area (Å²) in [6.07, 6.45) is 4.25. The van der Waals surface area contributed by atoms with Gasteiger partial charge in [0.15, 0.2) is 0 Å². The summed E-state index contributed by atoms with van der Waals surface area (Å²) in [5, 5.41) is 5.92. The summed E-state index contributed by atoms with van der Waals surface area (Å²) in [5.41, 5.74) is 25.5. The molecule has 0 saturated heterocycles. The van der Waals surface area contributed by atoms with Gasteiger partial charge < -0.3 is 18.2 Å². The van der Waals surface area contributed by atoms with Gasteiger partial charge in [-0.05, 0) is 145 Å². The average molecular weight is 907 g/mol. The number of fused-ring (bicyclic) bond motifs is 18. The van der Waals surface area contributed by atoms with E-state index in [2.05, 4.69) is 211 Å². The Hall–Kier alpha value is -7.24. The minimum atomic E-state index is -0.211. The lowest BCUT2D eigenvalue weighted by Gasteiger charge is -2.43. The van der Waals surface area contributed by atoms with Gasteiger partial charge in [0.25, 0.3) is 0 Å². The summed E-state index contributed by atoms with van der Waals surface area (Å²) in [7, 11) is 0. The molecule has 0 bridgehead atoms. The second-order valence-corrected chi connectivity index (χ2v) is 23.9. The van der Waals surface area contributed by atoms with Crippen molar-refractivity contribution >= 4 is 83.9 Å². The van der Waals surface area contributed by atoms with E-state index in [4.69, 9.17) is 8.83 Å². The molecule has 0 saturated carbocycles. The van der Waals surface area contributed by atoms with E-state index in [9.17, 15) is 0 Å². The fraction of sp³-hybridized carbons (Fsp3) is 0.231. The van der Waals surface area contributed by atoms with E-state index in [0.29, 0.717) is 0 Å². The van der Waals surface area contributed by atoms with E-state index >= 15 is 0 Å². The van der Waals surface area contributed by atoms with Crippen molar-refractivity contribution in [2.75, 3.05) is 4.81 Å². The molecule has 8 aromatic carbocycles. The first-order chi connectivity index (χ1) is 33.6. The third kappa shape index (κ3) is 5.08. The lowest BCUT2D eigenvalue weighted by molar-refractivity contribution is 0.332. The molecule has 0 fully saturated rings. The normalized spacial score (nSPS) is 16.8. The van der Waals surface area contributed by atoms with Gasteiger partial charge in [0.1, 0.15) is 16.7 Å². The molecule has 4 nitrogen and oxygen atoms in total. The molecule has 2 aliphatic heterocycles. The monoisotopic (exact) mass is 906 g/mol. The number of furan rings is 2. The van der Waals surface area contributed by atoms with Crippen LogP contribution in [0.15, 0.2) is 155 Å². The zero-order chi connectivity index (χ0) is 47.5. The minimum Gasteiger partial charge on any atom is -0.464 e. The number of hydrogen-bond donors (Lipinski definition) is 0. The zero-order valence-corrected chi connectivity index (χ0v) is 41.6. The van der Waals surface area contributed by atoms with Gasteiger partial charge >= 0.3 is 6.85 Å². The number of rotatable bonds is 2. The fourth-order valence-corrected chi connectivity index (χ4v) is 13.8. The molecule has 5 heterocycles. The Morgan fingerprint density at radius 3 is 2.04 bits per heavy atom. The molecule has 0 unspecified atom stereocenters. The number of para-hydroxylation sites is 1. The highest BCUT2D eigenvalue weighted by molar-refractivity contribution is 6.94. The van der Waals surface area contributed by atoms with Crippen LogP contribution in [0.3, 0.4) is 0 Å². The highest BCUT2D eigenvalue weighted by Crippen LogP contribution is 2.58. The van der Waals surface area contributed by atoms with E-state index < -0.39 is 0 Å². The third-order valence-corrected chi connectivity index (χ3v) is 17.7. The van der Waals surface area contributed by atoms with E-state index in [0.717, 1.165) is 51.5 Å². The smallest absolute Gasteiger partial charge is 0.333 e. The minimum absolute atomic E-state index is 0.00366. The maximum Gasteiger partial charge on any atom is 0.333 e. The van der Waals surface area contributed by atoms with Crippen LogP contribution < -0.4 is 15.7 Å². The Labute approximate surface area is 409 Å². The second kappa shape index (κ2) is 13.1. The van der Waals surface area contributed by atoms with Crippen molar-refractivity contribution in [3.8, 4) is 39.1 Å². The first-order valence-electron chi connectivity index (χ1n) is 25.4. The Morgan fingerprint density at radius 1 is 0.557 bits per heavy atom. The SMILES string of the molecule is CC(C)(C)c1ccc(N2B3c4cc5occ(-c6ccccc6)c5cc4-n4c5cc6c(cc5c5c7oc8ccccc8c7c(c3c54)-c3cc4c(cc32)C(C)(C)c2ccccc2-4)C(C)(C)CCC6(C)C)cc1. The highest BCUT2D eigenvalue weighted by Gasteiger charge is 2.49. The summed E-state index contributed by atoms with van der Waals surface area (Å²) >= 11 is 0. The van der Waals surface area contributed by atoms with Crippen LogP contribution in [0.1, 0.15) is 103 Å². The Bertz CT molecular complexity index is 4130. The van der Waals surface area contributed by atoms with Gasteiger partial charge in [-0.3, -0.25) is 0 Å². The van der Waals surface area contributed by atoms with Crippen molar-refractivity contribution in [3.63, 3.8) is 0 Å². The summed E-state index contributed by atoms with van der Waals surface area (Å²) in [6.45, 7) is 21.3. The van der Waals surface area contributed by atoms with Crippen LogP contribution in [0.4, 0.5) is 11.4 Å². The lowest BCUT2D eigenvalue weighted by Crippen LogP contribution is -2.60. The number of aromatic nitrogens is 1.